The predicted octanol–water partition coefficient (Wildman–Crippen LogP) is 17.0. The first-order chi connectivity index (χ1) is 33.6. The summed E-state index contributed by atoms with van der Waals surface area (Å²) in [6, 6.07) is 61.9. The zero-order valence-electron chi connectivity index (χ0n) is 41.0. The van der Waals surface area contributed by atoms with Crippen molar-refractivity contribution in [3.8, 4) is 55.6 Å². The highest BCUT2D eigenvalue weighted by Gasteiger charge is 2.16. The fraction of sp³-hybridized carbons (Fsp3) is 0. The fourth-order valence-corrected chi connectivity index (χ4v) is 8.36. The average molecular weight is 784 g/mol. The van der Waals surface area contributed by atoms with Crippen LogP contribution in [-0.2, 0) is 0 Å². The van der Waals surface area contributed by atoms with Gasteiger partial charge in [0, 0.05) is 17.1 Å². The first kappa shape index (κ1) is 28.4. The molecular formula is C60H41N. The molecule has 0 atom stereocenters. The molecule has 61 heavy (non-hydrogen) atoms. The van der Waals surface area contributed by atoms with Gasteiger partial charge in [-0.05, 0) is 136 Å². The van der Waals surface area contributed by atoms with Crippen LogP contribution in [0.15, 0.2) is 249 Å². The van der Waals surface area contributed by atoms with Crippen molar-refractivity contribution in [3.63, 3.8) is 0 Å². The van der Waals surface area contributed by atoms with Gasteiger partial charge in [0.1, 0.15) is 0 Å². The Morgan fingerprint density at radius 2 is 0.721 bits per heavy atom. The third-order valence-corrected chi connectivity index (χ3v) is 11.4. The molecule has 1 nitrogen and oxygen atoms in total. The topological polar surface area (TPSA) is 3.24 Å². The minimum absolute atomic E-state index is 0.100. The van der Waals surface area contributed by atoms with E-state index in [1.165, 1.54) is 4.90 Å². The fourth-order valence-electron chi connectivity index (χ4n) is 8.36. The maximum absolute atomic E-state index is 9.69. The molecule has 11 aromatic carbocycles. The monoisotopic (exact) mass is 783 g/mol. The van der Waals surface area contributed by atoms with Crippen LogP contribution >= 0.6 is 0 Å². The average Bonchev–Trinajstić information content (AvgIpc) is 3.39. The highest BCUT2D eigenvalue weighted by atomic mass is 15.1. The van der Waals surface area contributed by atoms with Gasteiger partial charge in [0.25, 0.3) is 0 Å². The smallest absolute Gasteiger partial charge is 0.0645 e. The van der Waals surface area contributed by atoms with E-state index in [9.17, 15) is 11.0 Å². The Bertz CT molecular complexity index is 3750. The van der Waals surface area contributed by atoms with Gasteiger partial charge in [0.2, 0.25) is 0 Å². The number of rotatable bonds is 8. The molecule has 0 aliphatic heterocycles. The number of benzene rings is 11. The molecule has 0 saturated carbocycles. The van der Waals surface area contributed by atoms with Crippen LogP contribution in [0.25, 0.3) is 88.0 Å². The maximum Gasteiger partial charge on any atom is 0.0645 e. The summed E-state index contributed by atoms with van der Waals surface area (Å²) in [5.74, 6) is 0. The van der Waals surface area contributed by atoms with E-state index in [-0.39, 0.29) is 46.7 Å². The molecule has 0 amide bonds. The van der Waals surface area contributed by atoms with Gasteiger partial charge in [-0.15, -0.1) is 0 Å². The number of anilines is 3. The number of nitrogens with zero attached hydrogens (tertiary/aromatic N) is 1. The predicted molar refractivity (Wildman–Crippen MR) is 261 cm³/mol. The van der Waals surface area contributed by atoms with Crippen LogP contribution in [0, 0.1) is 0 Å². The van der Waals surface area contributed by atoms with Gasteiger partial charge in [0.15, 0.2) is 0 Å². The highest BCUT2D eigenvalue weighted by Crippen LogP contribution is 2.40. The van der Waals surface area contributed by atoms with Crippen LogP contribution in [0.2, 0.25) is 0 Å². The van der Waals surface area contributed by atoms with Gasteiger partial charge < -0.3 is 4.90 Å². The molecule has 0 bridgehead atoms. The molecule has 0 N–H and O–H groups in total. The van der Waals surface area contributed by atoms with Crippen molar-refractivity contribution in [2.75, 3.05) is 4.90 Å². The Balaban J connectivity index is 1.09. The van der Waals surface area contributed by atoms with E-state index in [0.29, 0.717) is 16.8 Å². The number of hydrogen-bond donors (Lipinski definition) is 0. The van der Waals surface area contributed by atoms with Crippen LogP contribution in [0.3, 0.4) is 0 Å². The van der Waals surface area contributed by atoms with Crippen molar-refractivity contribution < 1.29 is 11.0 Å². The second-order valence-corrected chi connectivity index (χ2v) is 15.1. The lowest BCUT2D eigenvalue weighted by atomic mass is 9.93. The summed E-state index contributed by atoms with van der Waals surface area (Å²) >= 11 is 0. The van der Waals surface area contributed by atoms with Gasteiger partial charge in [-0.25, -0.2) is 0 Å². The lowest BCUT2D eigenvalue weighted by Gasteiger charge is -2.26. The summed E-state index contributed by atoms with van der Waals surface area (Å²) in [4.78, 5) is 1.36. The number of fused-ring (bicyclic) bond motifs is 4. The lowest BCUT2D eigenvalue weighted by Crippen LogP contribution is -2.09. The molecule has 11 rings (SSSR count). The summed E-state index contributed by atoms with van der Waals surface area (Å²) in [6.45, 7) is 0. The molecular weight excluding hydrogens is 735 g/mol. The molecule has 0 fully saturated rings. The third-order valence-electron chi connectivity index (χ3n) is 11.4. The summed E-state index contributed by atoms with van der Waals surface area (Å²) < 4.78 is 76.6. The van der Waals surface area contributed by atoms with Crippen molar-refractivity contribution in [2.45, 2.75) is 0 Å². The molecule has 0 spiro atoms. The molecule has 0 unspecified atom stereocenters. The SMILES string of the molecule is [2H]c1c([2H])c(N(c2ccc(-c3cc4ccccc4c4ccccc34)cc2)c2c([2H])c([2H])c(-c3cccc(-c4cccc5ccccc45)c3)c([2H])c2[2H])c([2H])c([2H])c1-c1ccc(-c2ccccc2)cc1. The Morgan fingerprint density at radius 1 is 0.246 bits per heavy atom. The van der Waals surface area contributed by atoms with Crippen LogP contribution in [0.5, 0.6) is 0 Å². The molecule has 0 aliphatic rings. The standard InChI is InChI=1S/C60H41N/c1-2-12-42(13-3-1)43-24-26-44(27-25-43)45-28-34-52(35-29-45)61(54-38-32-48(33-39-54)60-41-51-15-5-7-20-57(51)58-21-8-9-22-59(58)60)53-36-30-46(31-37-53)49-17-10-18-50(40-49)56-23-11-16-47-14-4-6-19-55(47)56/h1-41H/i28D,29D,30D,31D,34D,35D,36D,37D. The van der Waals surface area contributed by atoms with Crippen molar-refractivity contribution in [3.05, 3.63) is 249 Å². The van der Waals surface area contributed by atoms with Crippen LogP contribution in [-0.4, -0.2) is 0 Å². The van der Waals surface area contributed by atoms with E-state index in [1.54, 1.807) is 30.3 Å². The van der Waals surface area contributed by atoms with E-state index in [4.69, 9.17) is 0 Å². The molecule has 0 radical (unpaired) electrons. The zero-order chi connectivity index (χ0) is 47.5. The van der Waals surface area contributed by atoms with E-state index >= 15 is 0 Å². The summed E-state index contributed by atoms with van der Waals surface area (Å²) in [6.07, 6.45) is 0. The first-order valence-electron chi connectivity index (χ1n) is 24.3. The molecule has 11 aromatic rings. The maximum atomic E-state index is 9.69. The Labute approximate surface area is 368 Å². The van der Waals surface area contributed by atoms with E-state index in [0.717, 1.165) is 65.7 Å². The van der Waals surface area contributed by atoms with Gasteiger partial charge in [-0.1, -0.05) is 200 Å². The van der Waals surface area contributed by atoms with Gasteiger partial charge >= 0.3 is 0 Å². The van der Waals surface area contributed by atoms with E-state index in [1.807, 2.05) is 140 Å². The molecule has 0 aromatic heterocycles. The second-order valence-electron chi connectivity index (χ2n) is 15.1. The highest BCUT2D eigenvalue weighted by molar-refractivity contribution is 6.13. The summed E-state index contributed by atoms with van der Waals surface area (Å²) in [5, 5.41) is 6.45. The van der Waals surface area contributed by atoms with Crippen LogP contribution < -0.4 is 4.90 Å². The van der Waals surface area contributed by atoms with Crippen molar-refractivity contribution >= 4 is 49.4 Å². The van der Waals surface area contributed by atoms with E-state index in [2.05, 4.69) is 30.3 Å². The van der Waals surface area contributed by atoms with E-state index < -0.39 is 24.2 Å². The Morgan fingerprint density at radius 3 is 1.43 bits per heavy atom. The zero-order valence-corrected chi connectivity index (χ0v) is 33.0. The molecule has 0 aliphatic carbocycles. The summed E-state index contributed by atoms with van der Waals surface area (Å²) in [7, 11) is 0. The van der Waals surface area contributed by atoms with Gasteiger partial charge in [0.05, 0.1) is 11.0 Å². The van der Waals surface area contributed by atoms with Crippen LogP contribution in [0.4, 0.5) is 17.1 Å². The minimum Gasteiger partial charge on any atom is -0.311 e. The first-order valence-corrected chi connectivity index (χ1v) is 20.3. The second kappa shape index (κ2) is 15.6. The van der Waals surface area contributed by atoms with Crippen LogP contribution in [0.1, 0.15) is 11.0 Å². The van der Waals surface area contributed by atoms with Gasteiger partial charge in [-0.2, -0.15) is 0 Å². The minimum atomic E-state index is -0.399. The van der Waals surface area contributed by atoms with Crippen molar-refractivity contribution in [1.29, 1.82) is 0 Å². The summed E-state index contributed by atoms with van der Waals surface area (Å²) in [5.41, 5.74) is 6.72. The number of hydrogen-bond acceptors (Lipinski definition) is 1. The molecule has 286 valence electrons. The lowest BCUT2D eigenvalue weighted by molar-refractivity contribution is 1.28. The molecule has 0 heterocycles. The third kappa shape index (κ3) is 6.93. The molecule has 0 saturated heterocycles. The Kier molecular flexibility index (Phi) is 7.29. The normalized spacial score (nSPS) is 13.1. The quantitative estimate of drug-likeness (QED) is 0.139. The van der Waals surface area contributed by atoms with Gasteiger partial charge in [-0.3, -0.25) is 0 Å². The largest absolute Gasteiger partial charge is 0.311 e. The van der Waals surface area contributed by atoms with Crippen molar-refractivity contribution in [1.82, 2.24) is 0 Å². The Hall–Kier alpha value is -8.00. The van der Waals surface area contributed by atoms with Crippen molar-refractivity contribution in [2.24, 2.45) is 0 Å². The molecule has 1 heteroatoms.